The molecular weight excluding hydrogens is 148 g/mol. The predicted octanol–water partition coefficient (Wildman–Crippen LogP) is 2.74. The zero-order chi connectivity index (χ0) is 8.40. The molecule has 0 aromatic carbocycles. The van der Waals surface area contributed by atoms with Crippen molar-refractivity contribution in [3.05, 3.63) is 0 Å². The molecule has 2 aliphatic carbocycles. The van der Waals surface area contributed by atoms with Crippen molar-refractivity contribution < 1.29 is 4.74 Å². The standard InChI is InChI=1S/C11H18O/c1-10-4-8-3-9(6-10)12-11(2,5-8)7-10/h8-9H,3-7H2,1-2H3. The zero-order valence-corrected chi connectivity index (χ0v) is 8.10. The average Bonchev–Trinajstić information content (AvgIpc) is 1.75. The van der Waals surface area contributed by atoms with Crippen molar-refractivity contribution >= 4 is 0 Å². The molecule has 2 saturated heterocycles. The van der Waals surface area contributed by atoms with Gasteiger partial charge in [0.1, 0.15) is 0 Å². The van der Waals surface area contributed by atoms with E-state index in [-0.39, 0.29) is 5.60 Å². The predicted molar refractivity (Wildman–Crippen MR) is 48.0 cm³/mol. The normalized spacial score (nSPS) is 62.5. The van der Waals surface area contributed by atoms with Gasteiger partial charge in [0.2, 0.25) is 0 Å². The van der Waals surface area contributed by atoms with Crippen molar-refractivity contribution in [3.8, 4) is 0 Å². The quantitative estimate of drug-likeness (QED) is 0.537. The lowest BCUT2D eigenvalue weighted by Gasteiger charge is -2.60. The van der Waals surface area contributed by atoms with E-state index in [1.165, 1.54) is 32.1 Å². The topological polar surface area (TPSA) is 9.23 Å². The molecular formula is C11H18O. The van der Waals surface area contributed by atoms with Gasteiger partial charge >= 0.3 is 0 Å². The molecule has 2 aliphatic heterocycles. The van der Waals surface area contributed by atoms with E-state index in [0.717, 1.165) is 5.92 Å². The van der Waals surface area contributed by atoms with Gasteiger partial charge in [-0.2, -0.15) is 0 Å². The van der Waals surface area contributed by atoms with E-state index in [9.17, 15) is 0 Å². The molecule has 0 radical (unpaired) electrons. The van der Waals surface area contributed by atoms with Gasteiger partial charge in [-0.3, -0.25) is 0 Å². The lowest BCUT2D eigenvalue weighted by molar-refractivity contribution is -0.236. The Morgan fingerprint density at radius 3 is 2.58 bits per heavy atom. The molecule has 4 atom stereocenters. The van der Waals surface area contributed by atoms with Crippen LogP contribution in [0, 0.1) is 11.3 Å². The highest BCUT2D eigenvalue weighted by Gasteiger charge is 2.54. The molecule has 4 rings (SSSR count). The summed E-state index contributed by atoms with van der Waals surface area (Å²) in [4.78, 5) is 0. The summed E-state index contributed by atoms with van der Waals surface area (Å²) in [6, 6.07) is 0. The summed E-state index contributed by atoms with van der Waals surface area (Å²) in [5, 5.41) is 0. The summed E-state index contributed by atoms with van der Waals surface area (Å²) in [6.45, 7) is 4.79. The first-order valence-electron chi connectivity index (χ1n) is 5.25. The molecule has 0 spiro atoms. The van der Waals surface area contributed by atoms with E-state index < -0.39 is 0 Å². The second-order valence-corrected chi connectivity index (χ2v) is 5.89. The van der Waals surface area contributed by atoms with Crippen LogP contribution in [0.1, 0.15) is 46.0 Å². The van der Waals surface area contributed by atoms with Crippen LogP contribution in [0.5, 0.6) is 0 Å². The van der Waals surface area contributed by atoms with Gasteiger partial charge in [0.25, 0.3) is 0 Å². The summed E-state index contributed by atoms with van der Waals surface area (Å²) in [5.41, 5.74) is 0.900. The molecule has 0 aromatic heterocycles. The Morgan fingerprint density at radius 2 is 2.00 bits per heavy atom. The first-order valence-corrected chi connectivity index (χ1v) is 5.25. The number of hydrogen-bond donors (Lipinski definition) is 0. The molecule has 2 heterocycles. The lowest BCUT2D eigenvalue weighted by Crippen LogP contribution is -2.56. The first kappa shape index (κ1) is 7.37. The minimum absolute atomic E-state index is 0.263. The van der Waals surface area contributed by atoms with E-state index in [1.54, 1.807) is 0 Å². The van der Waals surface area contributed by atoms with Crippen LogP contribution in [0.2, 0.25) is 0 Å². The van der Waals surface area contributed by atoms with Crippen molar-refractivity contribution in [3.63, 3.8) is 0 Å². The Kier molecular flexibility index (Phi) is 1.16. The lowest BCUT2D eigenvalue weighted by atomic mass is 9.55. The largest absolute Gasteiger partial charge is 0.372 e. The maximum atomic E-state index is 6.08. The van der Waals surface area contributed by atoms with Gasteiger partial charge in [-0.15, -0.1) is 0 Å². The molecule has 4 aliphatic rings. The molecule has 68 valence electrons. The molecule has 0 aromatic rings. The monoisotopic (exact) mass is 166 g/mol. The summed E-state index contributed by atoms with van der Waals surface area (Å²) in [5.74, 6) is 0.987. The maximum absolute atomic E-state index is 6.08. The second-order valence-electron chi connectivity index (χ2n) is 5.89. The van der Waals surface area contributed by atoms with Crippen LogP contribution < -0.4 is 0 Å². The molecule has 1 heteroatoms. The average molecular weight is 166 g/mol. The highest BCUT2D eigenvalue weighted by molar-refractivity contribution is 5.04. The van der Waals surface area contributed by atoms with Gasteiger partial charge in [0.15, 0.2) is 0 Å². The van der Waals surface area contributed by atoms with Crippen LogP contribution in [0.25, 0.3) is 0 Å². The Morgan fingerprint density at radius 1 is 1.17 bits per heavy atom. The number of hydrogen-bond acceptors (Lipinski definition) is 1. The fourth-order valence-corrected chi connectivity index (χ4v) is 4.34. The van der Waals surface area contributed by atoms with Gasteiger partial charge in [0.05, 0.1) is 11.7 Å². The van der Waals surface area contributed by atoms with Crippen molar-refractivity contribution in [2.45, 2.75) is 57.7 Å². The van der Waals surface area contributed by atoms with Crippen molar-refractivity contribution in [2.24, 2.45) is 11.3 Å². The third-order valence-corrected chi connectivity index (χ3v) is 4.07. The molecule has 4 fully saturated rings. The van der Waals surface area contributed by atoms with E-state index in [4.69, 9.17) is 4.74 Å². The van der Waals surface area contributed by atoms with Crippen molar-refractivity contribution in [1.82, 2.24) is 0 Å². The molecule has 0 N–H and O–H groups in total. The fraction of sp³-hybridized carbons (Fsp3) is 1.00. The smallest absolute Gasteiger partial charge is 0.0666 e. The van der Waals surface area contributed by atoms with Crippen LogP contribution in [-0.4, -0.2) is 11.7 Å². The van der Waals surface area contributed by atoms with Crippen LogP contribution in [0.15, 0.2) is 0 Å². The summed E-state index contributed by atoms with van der Waals surface area (Å²) >= 11 is 0. The van der Waals surface area contributed by atoms with Crippen molar-refractivity contribution in [2.75, 3.05) is 0 Å². The minimum atomic E-state index is 0.263. The van der Waals surface area contributed by atoms with Gasteiger partial charge in [-0.05, 0) is 50.4 Å². The third kappa shape index (κ3) is 0.891. The molecule has 2 saturated carbocycles. The van der Waals surface area contributed by atoms with Gasteiger partial charge in [-0.25, -0.2) is 0 Å². The van der Waals surface area contributed by atoms with E-state index in [1.807, 2.05) is 0 Å². The Bertz CT molecular complexity index is 187. The van der Waals surface area contributed by atoms with E-state index in [0.29, 0.717) is 11.5 Å². The minimum Gasteiger partial charge on any atom is -0.372 e. The van der Waals surface area contributed by atoms with E-state index >= 15 is 0 Å². The van der Waals surface area contributed by atoms with E-state index in [2.05, 4.69) is 13.8 Å². The van der Waals surface area contributed by atoms with Gasteiger partial charge < -0.3 is 4.74 Å². The number of ether oxygens (including phenoxy) is 1. The first-order chi connectivity index (χ1) is 5.57. The van der Waals surface area contributed by atoms with Crippen LogP contribution in [0.4, 0.5) is 0 Å². The molecule has 12 heavy (non-hydrogen) atoms. The van der Waals surface area contributed by atoms with Gasteiger partial charge in [0, 0.05) is 0 Å². The van der Waals surface area contributed by atoms with Crippen molar-refractivity contribution in [1.29, 1.82) is 0 Å². The highest BCUT2D eigenvalue weighted by atomic mass is 16.5. The summed E-state index contributed by atoms with van der Waals surface area (Å²) in [6.07, 6.45) is 7.42. The Balaban J connectivity index is 1.98. The van der Waals surface area contributed by atoms with Crippen LogP contribution in [0.3, 0.4) is 0 Å². The molecule has 4 bridgehead atoms. The maximum Gasteiger partial charge on any atom is 0.0666 e. The highest BCUT2D eigenvalue weighted by Crippen LogP contribution is 2.58. The SMILES string of the molecule is CC12CC3CC(C1)OC(C)(C3)C2. The summed E-state index contributed by atoms with van der Waals surface area (Å²) in [7, 11) is 0. The van der Waals surface area contributed by atoms with Gasteiger partial charge in [-0.1, -0.05) is 6.92 Å². The Labute approximate surface area is 74.5 Å². The molecule has 0 amide bonds. The fourth-order valence-electron chi connectivity index (χ4n) is 4.34. The Hall–Kier alpha value is -0.0400. The van der Waals surface area contributed by atoms with Crippen LogP contribution in [-0.2, 0) is 4.74 Å². The summed E-state index contributed by atoms with van der Waals surface area (Å²) < 4.78 is 6.08. The second kappa shape index (κ2) is 1.89. The number of rotatable bonds is 0. The van der Waals surface area contributed by atoms with Crippen LogP contribution >= 0.6 is 0 Å². The molecule has 1 nitrogen and oxygen atoms in total. The zero-order valence-electron chi connectivity index (χ0n) is 8.10. The molecule has 4 unspecified atom stereocenters. The third-order valence-electron chi connectivity index (χ3n) is 4.07.